The van der Waals surface area contributed by atoms with Gasteiger partial charge in [0.2, 0.25) is 0 Å². The van der Waals surface area contributed by atoms with E-state index in [2.05, 4.69) is 16.8 Å². The minimum Gasteiger partial charge on any atom is -0.395 e. The van der Waals surface area contributed by atoms with Crippen molar-refractivity contribution in [3.63, 3.8) is 0 Å². The third-order valence-corrected chi connectivity index (χ3v) is 3.85. The van der Waals surface area contributed by atoms with Gasteiger partial charge in [-0.3, -0.25) is 0 Å². The van der Waals surface area contributed by atoms with E-state index in [-0.39, 0.29) is 6.61 Å². The highest BCUT2D eigenvalue weighted by Gasteiger charge is 2.20. The second kappa shape index (κ2) is 4.91. The molecule has 0 bridgehead atoms. The van der Waals surface area contributed by atoms with Gasteiger partial charge in [0.25, 0.3) is 0 Å². The van der Waals surface area contributed by atoms with E-state index in [0.29, 0.717) is 5.92 Å². The van der Waals surface area contributed by atoms with Crippen molar-refractivity contribution in [3.05, 3.63) is 21.9 Å². The minimum absolute atomic E-state index is 0.239. The maximum Gasteiger partial charge on any atom is 0.0555 e. The van der Waals surface area contributed by atoms with E-state index in [1.165, 1.54) is 19.3 Å². The van der Waals surface area contributed by atoms with Gasteiger partial charge in [-0.1, -0.05) is 0 Å². The quantitative estimate of drug-likeness (QED) is 0.744. The Morgan fingerprint density at radius 1 is 1.57 bits per heavy atom. The summed E-state index contributed by atoms with van der Waals surface area (Å²) in [7, 11) is 0. The van der Waals surface area contributed by atoms with Gasteiger partial charge in [-0.25, -0.2) is 0 Å². The van der Waals surface area contributed by atoms with Crippen LogP contribution in [0.5, 0.6) is 0 Å². The summed E-state index contributed by atoms with van der Waals surface area (Å²) in [6, 6.07) is 2.27. The first kappa shape index (κ1) is 10.1. The van der Waals surface area contributed by atoms with Gasteiger partial charge in [0.05, 0.1) is 6.61 Å². The van der Waals surface area contributed by atoms with Crippen LogP contribution in [0.15, 0.2) is 11.4 Å². The molecule has 0 aromatic carbocycles. The van der Waals surface area contributed by atoms with E-state index in [0.717, 1.165) is 13.1 Å². The van der Waals surface area contributed by atoms with Crippen LogP contribution < -0.4 is 5.32 Å². The maximum absolute atomic E-state index is 8.69. The maximum atomic E-state index is 8.69. The minimum atomic E-state index is 0.239. The van der Waals surface area contributed by atoms with Crippen LogP contribution in [0, 0.1) is 0 Å². The molecule has 2 nitrogen and oxygen atoms in total. The third-order valence-electron chi connectivity index (χ3n) is 2.86. The molecular formula is C11H17NOS. The molecule has 2 rings (SSSR count). The molecule has 0 fully saturated rings. The molecule has 0 radical (unpaired) electrons. The van der Waals surface area contributed by atoms with Crippen LogP contribution in [0.1, 0.15) is 29.2 Å². The highest BCUT2D eigenvalue weighted by atomic mass is 32.1. The van der Waals surface area contributed by atoms with E-state index < -0.39 is 0 Å². The van der Waals surface area contributed by atoms with Crippen molar-refractivity contribution in [2.45, 2.75) is 25.2 Å². The van der Waals surface area contributed by atoms with Gasteiger partial charge in [-0.15, -0.1) is 11.3 Å². The topological polar surface area (TPSA) is 32.3 Å². The summed E-state index contributed by atoms with van der Waals surface area (Å²) in [5.41, 5.74) is 1.55. The van der Waals surface area contributed by atoms with Gasteiger partial charge in [0.15, 0.2) is 0 Å². The van der Waals surface area contributed by atoms with E-state index >= 15 is 0 Å². The number of thiophene rings is 1. The van der Waals surface area contributed by atoms with Crippen molar-refractivity contribution >= 4 is 11.3 Å². The lowest BCUT2D eigenvalue weighted by molar-refractivity contribution is 0.290. The van der Waals surface area contributed by atoms with E-state index in [9.17, 15) is 0 Å². The van der Waals surface area contributed by atoms with Crippen molar-refractivity contribution in [2.24, 2.45) is 0 Å². The number of hydrogen-bond acceptors (Lipinski definition) is 3. The van der Waals surface area contributed by atoms with Crippen LogP contribution in [0.2, 0.25) is 0 Å². The standard InChI is InChI=1S/C11H17NOS/c13-6-5-12-8-9-2-1-3-11-10(9)4-7-14-11/h4,7,9,12-13H,1-3,5-6,8H2. The normalized spacial score (nSPS) is 20.8. The molecule has 14 heavy (non-hydrogen) atoms. The Labute approximate surface area is 89.0 Å². The van der Waals surface area contributed by atoms with Gasteiger partial charge >= 0.3 is 0 Å². The molecule has 78 valence electrons. The summed E-state index contributed by atoms with van der Waals surface area (Å²) in [5, 5.41) is 14.2. The second-order valence-corrected chi connectivity index (χ2v) is 4.82. The van der Waals surface area contributed by atoms with Gasteiger partial charge in [-0.05, 0) is 42.2 Å². The molecule has 1 aliphatic carbocycles. The predicted octanol–water partition coefficient (Wildman–Crippen LogP) is 1.75. The summed E-state index contributed by atoms with van der Waals surface area (Å²) in [6.45, 7) is 1.98. The van der Waals surface area contributed by atoms with Gasteiger partial charge < -0.3 is 10.4 Å². The lowest BCUT2D eigenvalue weighted by atomic mass is 9.88. The number of hydrogen-bond donors (Lipinski definition) is 2. The first-order valence-corrected chi connectivity index (χ1v) is 6.17. The number of rotatable bonds is 4. The number of fused-ring (bicyclic) bond motifs is 1. The Morgan fingerprint density at radius 2 is 2.50 bits per heavy atom. The Hall–Kier alpha value is -0.380. The molecule has 2 N–H and O–H groups in total. The lowest BCUT2D eigenvalue weighted by Gasteiger charge is -2.22. The van der Waals surface area contributed by atoms with Crippen LogP contribution >= 0.6 is 11.3 Å². The van der Waals surface area contributed by atoms with Gasteiger partial charge in [0.1, 0.15) is 0 Å². The summed E-state index contributed by atoms with van der Waals surface area (Å²) >= 11 is 1.89. The molecule has 3 heteroatoms. The molecule has 1 aliphatic rings. The van der Waals surface area contributed by atoms with Gasteiger partial charge in [-0.2, -0.15) is 0 Å². The van der Waals surface area contributed by atoms with E-state index in [4.69, 9.17) is 5.11 Å². The molecule has 0 saturated carbocycles. The zero-order valence-corrected chi connectivity index (χ0v) is 9.15. The number of aliphatic hydroxyl groups is 1. The molecule has 0 aliphatic heterocycles. The highest BCUT2D eigenvalue weighted by molar-refractivity contribution is 7.10. The zero-order chi connectivity index (χ0) is 9.80. The fourth-order valence-electron chi connectivity index (χ4n) is 2.15. The average molecular weight is 211 g/mol. The van der Waals surface area contributed by atoms with Crippen LogP contribution in [0.25, 0.3) is 0 Å². The Morgan fingerprint density at radius 3 is 3.36 bits per heavy atom. The Kier molecular flexibility index (Phi) is 3.56. The van der Waals surface area contributed by atoms with Crippen molar-refractivity contribution in [1.29, 1.82) is 0 Å². The summed E-state index contributed by atoms with van der Waals surface area (Å²) in [6.07, 6.45) is 3.88. The fourth-order valence-corrected chi connectivity index (χ4v) is 3.16. The second-order valence-electron chi connectivity index (χ2n) is 3.82. The van der Waals surface area contributed by atoms with Crippen LogP contribution in [0.4, 0.5) is 0 Å². The predicted molar refractivity (Wildman–Crippen MR) is 60.0 cm³/mol. The SMILES string of the molecule is OCCNCC1CCCc2sccc21. The van der Waals surface area contributed by atoms with Crippen molar-refractivity contribution in [2.75, 3.05) is 19.7 Å². The largest absolute Gasteiger partial charge is 0.395 e. The Bertz CT molecular complexity index is 285. The molecule has 0 saturated heterocycles. The van der Waals surface area contributed by atoms with Crippen LogP contribution in [0.3, 0.4) is 0 Å². The summed E-state index contributed by atoms with van der Waals surface area (Å²) < 4.78 is 0. The zero-order valence-electron chi connectivity index (χ0n) is 8.33. The third kappa shape index (κ3) is 2.16. The molecule has 1 aromatic rings. The average Bonchev–Trinajstić information content (AvgIpc) is 2.67. The molecule has 1 unspecified atom stereocenters. The molecule has 0 spiro atoms. The van der Waals surface area contributed by atoms with Crippen molar-refractivity contribution in [3.8, 4) is 0 Å². The number of aliphatic hydroxyl groups excluding tert-OH is 1. The van der Waals surface area contributed by atoms with Crippen molar-refractivity contribution < 1.29 is 5.11 Å². The highest BCUT2D eigenvalue weighted by Crippen LogP contribution is 2.34. The fraction of sp³-hybridized carbons (Fsp3) is 0.636. The van der Waals surface area contributed by atoms with E-state index in [1.807, 2.05) is 11.3 Å². The summed E-state index contributed by atoms with van der Waals surface area (Å²) in [4.78, 5) is 1.58. The van der Waals surface area contributed by atoms with Crippen LogP contribution in [-0.2, 0) is 6.42 Å². The molecule has 1 heterocycles. The lowest BCUT2D eigenvalue weighted by Crippen LogP contribution is -2.26. The molecule has 1 atom stereocenters. The van der Waals surface area contributed by atoms with Crippen molar-refractivity contribution in [1.82, 2.24) is 5.32 Å². The van der Waals surface area contributed by atoms with Crippen LogP contribution in [-0.4, -0.2) is 24.8 Å². The molecule has 1 aromatic heterocycles. The first-order valence-electron chi connectivity index (χ1n) is 5.29. The Balaban J connectivity index is 1.94. The number of nitrogens with one attached hydrogen (secondary N) is 1. The van der Waals surface area contributed by atoms with Gasteiger partial charge in [0, 0.05) is 18.0 Å². The summed E-state index contributed by atoms with van der Waals surface area (Å²) in [5.74, 6) is 0.677. The molecule has 0 amide bonds. The smallest absolute Gasteiger partial charge is 0.0555 e. The van der Waals surface area contributed by atoms with E-state index in [1.54, 1.807) is 10.4 Å². The molecular weight excluding hydrogens is 194 g/mol. The number of aryl methyl sites for hydroxylation is 1. The monoisotopic (exact) mass is 211 g/mol. The first-order chi connectivity index (χ1) is 6.92.